The van der Waals surface area contributed by atoms with E-state index < -0.39 is 0 Å². The highest BCUT2D eigenvalue weighted by Gasteiger charge is 2.42. The number of rotatable bonds is 5. The van der Waals surface area contributed by atoms with E-state index >= 15 is 0 Å². The summed E-state index contributed by atoms with van der Waals surface area (Å²) in [4.78, 5) is 15.4. The molecule has 0 aromatic carbocycles. The fourth-order valence-electron chi connectivity index (χ4n) is 4.34. The summed E-state index contributed by atoms with van der Waals surface area (Å²) in [5, 5.41) is 12.9. The maximum Gasteiger partial charge on any atom is 0.277 e. The van der Waals surface area contributed by atoms with Gasteiger partial charge in [0, 0.05) is 32.5 Å². The van der Waals surface area contributed by atoms with E-state index in [-0.39, 0.29) is 18.0 Å². The zero-order valence-corrected chi connectivity index (χ0v) is 16.4. The first-order valence-electron chi connectivity index (χ1n) is 9.67. The third kappa shape index (κ3) is 3.16. The monoisotopic (exact) mass is 373 g/mol. The van der Waals surface area contributed by atoms with E-state index in [1.807, 2.05) is 11.8 Å². The molecule has 2 aromatic rings. The summed E-state index contributed by atoms with van der Waals surface area (Å²) in [7, 11) is 1.61. The minimum absolute atomic E-state index is 0.0597. The van der Waals surface area contributed by atoms with Crippen LogP contribution in [0.3, 0.4) is 0 Å². The van der Waals surface area contributed by atoms with Crippen molar-refractivity contribution < 1.29 is 14.1 Å². The Kier molecular flexibility index (Phi) is 4.75. The lowest BCUT2D eigenvalue weighted by Crippen LogP contribution is -2.42. The fraction of sp³-hybridized carbons (Fsp3) is 0.684. The van der Waals surface area contributed by atoms with Crippen LogP contribution < -0.4 is 0 Å². The van der Waals surface area contributed by atoms with Gasteiger partial charge in [-0.2, -0.15) is 0 Å². The van der Waals surface area contributed by atoms with Crippen molar-refractivity contribution in [3.63, 3.8) is 0 Å². The smallest absolute Gasteiger partial charge is 0.277 e. The minimum Gasteiger partial charge on any atom is -0.380 e. The van der Waals surface area contributed by atoms with Crippen LogP contribution in [0.25, 0.3) is 0 Å². The van der Waals surface area contributed by atoms with Gasteiger partial charge in [0.1, 0.15) is 17.4 Å². The van der Waals surface area contributed by atoms with E-state index in [1.54, 1.807) is 7.11 Å². The summed E-state index contributed by atoms with van der Waals surface area (Å²) in [6.45, 7) is 7.26. The van der Waals surface area contributed by atoms with E-state index in [1.165, 1.54) is 0 Å². The van der Waals surface area contributed by atoms with Crippen LogP contribution in [-0.2, 0) is 30.7 Å². The Morgan fingerprint density at radius 1 is 1.30 bits per heavy atom. The predicted octanol–water partition coefficient (Wildman–Crippen LogP) is 2.15. The van der Waals surface area contributed by atoms with Gasteiger partial charge in [-0.1, -0.05) is 19.0 Å². The van der Waals surface area contributed by atoms with Crippen LogP contribution >= 0.6 is 0 Å². The number of ether oxygens (including phenoxy) is 1. The first kappa shape index (κ1) is 18.2. The molecule has 2 atom stereocenters. The normalized spacial score (nSPS) is 21.6. The topological polar surface area (TPSA) is 86.3 Å². The molecule has 2 aliphatic heterocycles. The molecule has 2 aliphatic rings. The number of nitrogens with zero attached hydrogens (tertiary/aromatic N) is 5. The Balaban J connectivity index is 1.63. The maximum absolute atomic E-state index is 13.4. The second kappa shape index (κ2) is 7.07. The largest absolute Gasteiger partial charge is 0.380 e. The molecule has 146 valence electrons. The van der Waals surface area contributed by atoms with E-state index in [0.717, 1.165) is 49.4 Å². The Hall–Kier alpha value is -2.22. The fourth-order valence-corrected chi connectivity index (χ4v) is 4.34. The van der Waals surface area contributed by atoms with Gasteiger partial charge in [0.15, 0.2) is 5.69 Å². The van der Waals surface area contributed by atoms with E-state index in [2.05, 4.69) is 33.8 Å². The summed E-state index contributed by atoms with van der Waals surface area (Å²) < 4.78 is 12.8. The lowest BCUT2D eigenvalue weighted by atomic mass is 10.1. The standard InChI is InChI=1S/C19H27N5O3/c1-11(2)7-16-20-21-17-8-13-5-6-14(9-23(16)17)24(13)19(25)18-15(10-26-4)12(3)27-22-18/h11,13-14H,5-10H2,1-4H3. The van der Waals surface area contributed by atoms with Crippen molar-refractivity contribution in [1.82, 2.24) is 24.8 Å². The van der Waals surface area contributed by atoms with Gasteiger partial charge in [0.25, 0.3) is 5.91 Å². The first-order chi connectivity index (χ1) is 13.0. The maximum atomic E-state index is 13.4. The van der Waals surface area contributed by atoms with Gasteiger partial charge in [0.2, 0.25) is 0 Å². The third-order valence-electron chi connectivity index (χ3n) is 5.64. The second-order valence-corrected chi connectivity index (χ2v) is 8.04. The molecule has 1 amide bonds. The van der Waals surface area contributed by atoms with Gasteiger partial charge in [-0.25, -0.2) is 0 Å². The summed E-state index contributed by atoms with van der Waals surface area (Å²) in [5.74, 6) is 3.11. The number of amides is 1. The highest BCUT2D eigenvalue weighted by molar-refractivity contribution is 5.94. The molecule has 4 rings (SSSR count). The molecule has 2 unspecified atom stereocenters. The number of hydrogen-bond donors (Lipinski definition) is 0. The number of aryl methyl sites for hydroxylation is 1. The van der Waals surface area contributed by atoms with Crippen LogP contribution in [0.4, 0.5) is 0 Å². The second-order valence-electron chi connectivity index (χ2n) is 8.04. The summed E-state index contributed by atoms with van der Waals surface area (Å²) in [6.07, 6.45) is 3.62. The van der Waals surface area contributed by atoms with Gasteiger partial charge >= 0.3 is 0 Å². The van der Waals surface area contributed by atoms with Crippen molar-refractivity contribution >= 4 is 5.91 Å². The van der Waals surface area contributed by atoms with Gasteiger partial charge < -0.3 is 18.7 Å². The average molecular weight is 373 g/mol. The Morgan fingerprint density at radius 2 is 2.07 bits per heavy atom. The molecule has 8 heteroatoms. The molecular formula is C19H27N5O3. The van der Waals surface area contributed by atoms with Crippen molar-refractivity contribution in [2.24, 2.45) is 5.92 Å². The number of methoxy groups -OCH3 is 1. The van der Waals surface area contributed by atoms with Gasteiger partial charge in [-0.05, 0) is 25.7 Å². The number of carbonyl (C=O) groups is 1. The lowest BCUT2D eigenvalue weighted by molar-refractivity contribution is 0.0650. The number of hydrogen-bond acceptors (Lipinski definition) is 6. The molecule has 27 heavy (non-hydrogen) atoms. The van der Waals surface area contributed by atoms with Crippen LogP contribution in [-0.4, -0.2) is 49.9 Å². The van der Waals surface area contributed by atoms with Crippen molar-refractivity contribution in [3.05, 3.63) is 28.7 Å². The van der Waals surface area contributed by atoms with Crippen LogP contribution in [0.1, 0.15) is 60.2 Å². The molecule has 0 N–H and O–H groups in total. The van der Waals surface area contributed by atoms with E-state index in [4.69, 9.17) is 9.26 Å². The highest BCUT2D eigenvalue weighted by Crippen LogP contribution is 2.33. The Morgan fingerprint density at radius 3 is 2.81 bits per heavy atom. The molecule has 2 aromatic heterocycles. The summed E-state index contributed by atoms with van der Waals surface area (Å²) >= 11 is 0. The molecule has 4 heterocycles. The zero-order valence-electron chi connectivity index (χ0n) is 16.4. The van der Waals surface area contributed by atoms with Crippen LogP contribution in [0.2, 0.25) is 0 Å². The van der Waals surface area contributed by atoms with Crippen molar-refractivity contribution in [3.8, 4) is 0 Å². The zero-order chi connectivity index (χ0) is 19.1. The molecule has 0 radical (unpaired) electrons. The Labute approximate surface area is 158 Å². The molecule has 2 bridgehead atoms. The summed E-state index contributed by atoms with van der Waals surface area (Å²) in [5.41, 5.74) is 1.12. The van der Waals surface area contributed by atoms with Crippen molar-refractivity contribution in [1.29, 1.82) is 0 Å². The van der Waals surface area contributed by atoms with E-state index in [9.17, 15) is 4.79 Å². The predicted molar refractivity (Wildman–Crippen MR) is 97.2 cm³/mol. The van der Waals surface area contributed by atoms with Gasteiger partial charge in [-0.15, -0.1) is 10.2 Å². The highest BCUT2D eigenvalue weighted by atomic mass is 16.5. The SMILES string of the molecule is COCc1c(C(=O)N2C3CCC2Cn2c(CC(C)C)nnc2C3)noc1C. The van der Waals surface area contributed by atoms with Crippen molar-refractivity contribution in [2.45, 2.75) is 71.7 Å². The molecule has 0 aliphatic carbocycles. The molecule has 8 nitrogen and oxygen atoms in total. The van der Waals surface area contributed by atoms with Crippen LogP contribution in [0.15, 0.2) is 4.52 Å². The van der Waals surface area contributed by atoms with Gasteiger partial charge in [0.05, 0.1) is 18.2 Å². The average Bonchev–Trinajstić information content (AvgIpc) is 3.24. The molecule has 0 saturated carbocycles. The van der Waals surface area contributed by atoms with Crippen LogP contribution in [0, 0.1) is 12.8 Å². The molecule has 1 fully saturated rings. The molecule has 0 spiro atoms. The summed E-state index contributed by atoms with van der Waals surface area (Å²) in [6, 6.07) is 0.269. The number of aromatic nitrogens is 4. The van der Waals surface area contributed by atoms with Crippen molar-refractivity contribution in [2.75, 3.05) is 7.11 Å². The van der Waals surface area contributed by atoms with Crippen LogP contribution in [0.5, 0.6) is 0 Å². The van der Waals surface area contributed by atoms with Gasteiger partial charge in [-0.3, -0.25) is 4.79 Å². The number of carbonyl (C=O) groups excluding carboxylic acids is 1. The minimum atomic E-state index is -0.0597. The number of fused-ring (bicyclic) bond motifs is 3. The first-order valence-corrected chi connectivity index (χ1v) is 9.67. The third-order valence-corrected chi connectivity index (χ3v) is 5.64. The quantitative estimate of drug-likeness (QED) is 0.798. The Bertz CT molecular complexity index is 841. The van der Waals surface area contributed by atoms with E-state index in [0.29, 0.717) is 24.0 Å². The lowest BCUT2D eigenvalue weighted by Gasteiger charge is -2.27. The molecular weight excluding hydrogens is 346 g/mol. The molecule has 1 saturated heterocycles.